The molecule has 3 aromatic rings. The molecule has 3 heterocycles. The van der Waals surface area contributed by atoms with Gasteiger partial charge in [0.15, 0.2) is 0 Å². The van der Waals surface area contributed by atoms with Crippen LogP contribution in [0.1, 0.15) is 41.5 Å². The number of piperidine rings is 1. The van der Waals surface area contributed by atoms with Crippen LogP contribution in [0.15, 0.2) is 58.0 Å². The quantitative estimate of drug-likeness (QED) is 0.766. The lowest BCUT2D eigenvalue weighted by Crippen LogP contribution is -2.39. The van der Waals surface area contributed by atoms with Gasteiger partial charge in [0.2, 0.25) is 0 Å². The number of nitrogens with one attached hydrogen (secondary N) is 1. The van der Waals surface area contributed by atoms with Gasteiger partial charge >= 0.3 is 0 Å². The van der Waals surface area contributed by atoms with Crippen molar-refractivity contribution in [3.63, 3.8) is 0 Å². The summed E-state index contributed by atoms with van der Waals surface area (Å²) in [5, 5.41) is 3.93. The van der Waals surface area contributed by atoms with Gasteiger partial charge in [0.25, 0.3) is 11.5 Å². The van der Waals surface area contributed by atoms with Crippen molar-refractivity contribution < 1.29 is 4.79 Å². The Bertz CT molecular complexity index is 951. The van der Waals surface area contributed by atoms with Gasteiger partial charge in [-0.1, -0.05) is 18.2 Å². The zero-order valence-electron chi connectivity index (χ0n) is 14.2. The summed E-state index contributed by atoms with van der Waals surface area (Å²) >= 11 is 1.57. The number of H-pyrrole nitrogens is 1. The Morgan fingerprint density at radius 2 is 2.04 bits per heavy atom. The van der Waals surface area contributed by atoms with E-state index in [1.165, 1.54) is 6.07 Å². The van der Waals surface area contributed by atoms with E-state index in [2.05, 4.69) is 9.97 Å². The van der Waals surface area contributed by atoms with E-state index in [1.807, 2.05) is 52.1 Å². The predicted molar refractivity (Wildman–Crippen MR) is 102 cm³/mol. The van der Waals surface area contributed by atoms with Crippen LogP contribution in [0.5, 0.6) is 0 Å². The molecule has 1 aromatic carbocycles. The van der Waals surface area contributed by atoms with Crippen molar-refractivity contribution in [1.82, 2.24) is 14.9 Å². The van der Waals surface area contributed by atoms with Crippen LogP contribution in [-0.4, -0.2) is 27.3 Å². The number of carbonyl (C=O) groups excluding carboxylic acids is 1. The molecule has 0 saturated carbocycles. The Morgan fingerprint density at radius 1 is 1.19 bits per heavy atom. The van der Waals surface area contributed by atoms with Crippen molar-refractivity contribution in [2.24, 2.45) is 0 Å². The minimum Gasteiger partial charge on any atom is -0.328 e. The van der Waals surface area contributed by atoms with E-state index in [-0.39, 0.29) is 17.5 Å². The lowest BCUT2D eigenvalue weighted by molar-refractivity contribution is 0.0599. The van der Waals surface area contributed by atoms with Gasteiger partial charge in [-0.3, -0.25) is 9.59 Å². The fourth-order valence-corrected chi connectivity index (χ4v) is 4.05. The van der Waals surface area contributed by atoms with E-state index in [0.717, 1.165) is 24.8 Å². The average Bonchev–Trinajstić information content (AvgIpc) is 3.22. The van der Waals surface area contributed by atoms with Gasteiger partial charge in [0, 0.05) is 29.1 Å². The van der Waals surface area contributed by atoms with Crippen LogP contribution in [0.3, 0.4) is 0 Å². The van der Waals surface area contributed by atoms with E-state index in [4.69, 9.17) is 0 Å². The number of aromatic amines is 1. The summed E-state index contributed by atoms with van der Waals surface area (Å²) in [5.41, 5.74) is 2.06. The van der Waals surface area contributed by atoms with E-state index in [0.29, 0.717) is 23.6 Å². The Kier molecular flexibility index (Phi) is 4.67. The topological polar surface area (TPSA) is 66.1 Å². The second-order valence-electron chi connectivity index (χ2n) is 6.40. The number of rotatable bonds is 3. The molecule has 4 rings (SSSR count). The first-order valence-electron chi connectivity index (χ1n) is 8.72. The molecule has 1 saturated heterocycles. The van der Waals surface area contributed by atoms with Gasteiger partial charge in [-0.15, -0.1) is 0 Å². The molecule has 1 amide bonds. The summed E-state index contributed by atoms with van der Waals surface area (Å²) in [5.74, 6) is 0.557. The fourth-order valence-electron chi connectivity index (χ4n) is 3.40. The zero-order valence-corrected chi connectivity index (χ0v) is 15.0. The summed E-state index contributed by atoms with van der Waals surface area (Å²) in [6.07, 6.45) is 2.77. The minimum atomic E-state index is -0.206. The van der Waals surface area contributed by atoms with Gasteiger partial charge in [-0.05, 0) is 42.8 Å². The molecule has 1 N–H and O–H groups in total. The maximum atomic E-state index is 13.0. The van der Waals surface area contributed by atoms with Crippen LogP contribution in [0.4, 0.5) is 0 Å². The number of nitrogens with zero attached hydrogens (tertiary/aromatic N) is 2. The molecule has 1 aliphatic heterocycles. The average molecular weight is 365 g/mol. The second-order valence-corrected chi connectivity index (χ2v) is 7.18. The highest BCUT2D eigenvalue weighted by atomic mass is 32.1. The van der Waals surface area contributed by atoms with Crippen LogP contribution in [0.2, 0.25) is 0 Å². The summed E-state index contributed by atoms with van der Waals surface area (Å²) in [4.78, 5) is 34.6. The maximum Gasteiger partial charge on any atom is 0.254 e. The van der Waals surface area contributed by atoms with Crippen molar-refractivity contribution >= 4 is 17.2 Å². The molecule has 0 radical (unpaired) electrons. The Labute approximate surface area is 155 Å². The van der Waals surface area contributed by atoms with Crippen molar-refractivity contribution in [1.29, 1.82) is 0 Å². The molecule has 1 aliphatic rings. The highest BCUT2D eigenvalue weighted by molar-refractivity contribution is 7.08. The Morgan fingerprint density at radius 3 is 2.81 bits per heavy atom. The third-order valence-corrected chi connectivity index (χ3v) is 5.36. The van der Waals surface area contributed by atoms with E-state index in [9.17, 15) is 9.59 Å². The highest BCUT2D eigenvalue weighted by Crippen LogP contribution is 2.31. The molecule has 0 spiro atoms. The minimum absolute atomic E-state index is 0.0149. The monoisotopic (exact) mass is 365 g/mol. The molecule has 5 nitrogen and oxygen atoms in total. The number of benzene rings is 1. The van der Waals surface area contributed by atoms with Crippen LogP contribution < -0.4 is 5.56 Å². The van der Waals surface area contributed by atoms with Crippen molar-refractivity contribution in [3.8, 4) is 11.3 Å². The van der Waals surface area contributed by atoms with E-state index >= 15 is 0 Å². The number of thiophene rings is 1. The lowest BCUT2D eigenvalue weighted by atomic mass is 9.99. The number of amides is 1. The van der Waals surface area contributed by atoms with Gasteiger partial charge in [0.05, 0.1) is 11.7 Å². The van der Waals surface area contributed by atoms with Crippen LogP contribution in [0.25, 0.3) is 11.3 Å². The molecule has 1 unspecified atom stereocenters. The molecule has 6 heteroatoms. The molecule has 0 aliphatic carbocycles. The van der Waals surface area contributed by atoms with Crippen molar-refractivity contribution in [2.75, 3.05) is 6.54 Å². The van der Waals surface area contributed by atoms with Gasteiger partial charge in [-0.25, -0.2) is 4.98 Å². The molecular weight excluding hydrogens is 346 g/mol. The molecule has 132 valence electrons. The summed E-state index contributed by atoms with van der Waals surface area (Å²) in [6.45, 7) is 0.671. The number of hydrogen-bond acceptors (Lipinski definition) is 4. The Balaban J connectivity index is 1.71. The third-order valence-electron chi connectivity index (χ3n) is 4.68. The second kappa shape index (κ2) is 7.25. The summed E-state index contributed by atoms with van der Waals surface area (Å²) in [7, 11) is 0. The standard InChI is InChI=1S/C20H19N3O2S/c24-18-12-16(15-9-11-26-13-15)21-19(22-18)17-8-4-5-10-23(17)20(25)14-6-2-1-3-7-14/h1-3,6-7,9,11-13,17H,4-5,8,10H2,(H,21,22,24). The van der Waals surface area contributed by atoms with Crippen molar-refractivity contribution in [2.45, 2.75) is 25.3 Å². The third kappa shape index (κ3) is 3.32. The predicted octanol–water partition coefficient (Wildman–Crippen LogP) is 3.87. The molecule has 26 heavy (non-hydrogen) atoms. The fraction of sp³-hybridized carbons (Fsp3) is 0.250. The molecule has 1 atom stereocenters. The maximum absolute atomic E-state index is 13.0. The van der Waals surface area contributed by atoms with Crippen LogP contribution >= 0.6 is 11.3 Å². The normalized spacial score (nSPS) is 17.2. The summed E-state index contributed by atoms with van der Waals surface area (Å²) < 4.78 is 0. The lowest BCUT2D eigenvalue weighted by Gasteiger charge is -2.35. The molecule has 2 aromatic heterocycles. The molecule has 1 fully saturated rings. The van der Waals surface area contributed by atoms with Crippen LogP contribution in [0, 0.1) is 0 Å². The smallest absolute Gasteiger partial charge is 0.254 e. The van der Waals surface area contributed by atoms with Crippen molar-refractivity contribution in [3.05, 3.63) is 75.0 Å². The highest BCUT2D eigenvalue weighted by Gasteiger charge is 2.30. The molecule has 0 bridgehead atoms. The number of likely N-dealkylation sites (tertiary alicyclic amines) is 1. The molecular formula is C20H19N3O2S. The first-order chi connectivity index (χ1) is 12.7. The van der Waals surface area contributed by atoms with Crippen LogP contribution in [-0.2, 0) is 0 Å². The zero-order chi connectivity index (χ0) is 17.9. The first kappa shape index (κ1) is 16.7. The Hall–Kier alpha value is -2.73. The van der Waals surface area contributed by atoms with E-state index < -0.39 is 0 Å². The number of aromatic nitrogens is 2. The van der Waals surface area contributed by atoms with Gasteiger partial charge < -0.3 is 9.88 Å². The first-order valence-corrected chi connectivity index (χ1v) is 9.66. The summed E-state index contributed by atoms with van der Waals surface area (Å²) in [6, 6.07) is 12.5. The van der Waals surface area contributed by atoms with Gasteiger partial charge in [0.1, 0.15) is 5.82 Å². The number of hydrogen-bond donors (Lipinski definition) is 1. The SMILES string of the molecule is O=C(c1ccccc1)N1CCCCC1c1nc(-c2ccsc2)cc(=O)[nH]1. The number of carbonyl (C=O) groups is 1. The largest absolute Gasteiger partial charge is 0.328 e. The van der Waals surface area contributed by atoms with Gasteiger partial charge in [-0.2, -0.15) is 11.3 Å². The van der Waals surface area contributed by atoms with E-state index in [1.54, 1.807) is 11.3 Å².